The Hall–Kier alpha value is -1.32. The molecule has 0 saturated heterocycles. The number of hydrogen-bond acceptors (Lipinski definition) is 4. The van der Waals surface area contributed by atoms with E-state index in [2.05, 4.69) is 29.1 Å². The molecule has 0 bridgehead atoms. The number of nitrogens with zero attached hydrogens (tertiary/aromatic N) is 2. The summed E-state index contributed by atoms with van der Waals surface area (Å²) in [6.45, 7) is 5.16. The topological polar surface area (TPSA) is 47.0 Å². The van der Waals surface area contributed by atoms with Crippen molar-refractivity contribution in [1.82, 2.24) is 9.97 Å². The van der Waals surface area contributed by atoms with E-state index in [4.69, 9.17) is 4.74 Å². The molecule has 1 aliphatic carbocycles. The number of anilines is 1. The highest BCUT2D eigenvalue weighted by molar-refractivity contribution is 5.38. The highest BCUT2D eigenvalue weighted by Crippen LogP contribution is 2.23. The molecule has 112 valence electrons. The molecule has 1 fully saturated rings. The van der Waals surface area contributed by atoms with E-state index in [0.717, 1.165) is 49.8 Å². The van der Waals surface area contributed by atoms with E-state index in [1.807, 2.05) is 6.07 Å². The van der Waals surface area contributed by atoms with Gasteiger partial charge >= 0.3 is 0 Å². The molecule has 1 aromatic rings. The molecule has 4 heteroatoms. The maximum atomic E-state index is 6.11. The van der Waals surface area contributed by atoms with Gasteiger partial charge in [0.15, 0.2) is 0 Å². The highest BCUT2D eigenvalue weighted by Gasteiger charge is 2.15. The fraction of sp³-hybridized carbons (Fsp3) is 0.750. The van der Waals surface area contributed by atoms with E-state index >= 15 is 0 Å². The van der Waals surface area contributed by atoms with Gasteiger partial charge in [0, 0.05) is 19.0 Å². The van der Waals surface area contributed by atoms with Crippen LogP contribution in [0.25, 0.3) is 0 Å². The van der Waals surface area contributed by atoms with E-state index < -0.39 is 0 Å². The zero-order valence-corrected chi connectivity index (χ0v) is 12.8. The van der Waals surface area contributed by atoms with Crippen molar-refractivity contribution in [3.8, 4) is 5.88 Å². The summed E-state index contributed by atoms with van der Waals surface area (Å²) >= 11 is 0. The predicted molar refractivity (Wildman–Crippen MR) is 82.3 cm³/mol. The van der Waals surface area contributed by atoms with E-state index in [1.54, 1.807) is 0 Å². The molecule has 2 rings (SSSR count). The Balaban J connectivity index is 2.04. The van der Waals surface area contributed by atoms with Crippen LogP contribution in [0.1, 0.15) is 64.6 Å². The van der Waals surface area contributed by atoms with Gasteiger partial charge in [-0.05, 0) is 32.1 Å². The minimum Gasteiger partial charge on any atom is -0.474 e. The van der Waals surface area contributed by atoms with E-state index in [1.165, 1.54) is 25.7 Å². The second-order valence-electron chi connectivity index (χ2n) is 5.52. The largest absolute Gasteiger partial charge is 0.474 e. The van der Waals surface area contributed by atoms with Crippen molar-refractivity contribution in [1.29, 1.82) is 0 Å². The van der Waals surface area contributed by atoms with Gasteiger partial charge in [-0.3, -0.25) is 0 Å². The van der Waals surface area contributed by atoms with Gasteiger partial charge in [0.25, 0.3) is 0 Å². The predicted octanol–water partition coefficient (Wildman–Crippen LogP) is 3.96. The Morgan fingerprint density at radius 2 is 1.90 bits per heavy atom. The number of rotatable bonds is 6. The second kappa shape index (κ2) is 8.08. The molecular formula is C16H27N3O. The Kier molecular flexibility index (Phi) is 6.09. The van der Waals surface area contributed by atoms with Crippen molar-refractivity contribution in [2.45, 2.75) is 71.3 Å². The number of nitrogens with one attached hydrogen (secondary N) is 1. The number of aryl methyl sites for hydroxylation is 1. The SMILES string of the molecule is CCCNc1cc(OC2CCCCCC2)nc(CC)n1. The zero-order chi connectivity index (χ0) is 14.2. The van der Waals surface area contributed by atoms with E-state index in [0.29, 0.717) is 6.10 Å². The summed E-state index contributed by atoms with van der Waals surface area (Å²) in [5.74, 6) is 2.49. The fourth-order valence-corrected chi connectivity index (χ4v) is 2.57. The number of ether oxygens (including phenoxy) is 1. The van der Waals surface area contributed by atoms with Crippen molar-refractivity contribution < 1.29 is 4.74 Å². The summed E-state index contributed by atoms with van der Waals surface area (Å²) in [6, 6.07) is 1.94. The molecule has 0 amide bonds. The first-order chi connectivity index (χ1) is 9.81. The zero-order valence-electron chi connectivity index (χ0n) is 12.8. The first kappa shape index (κ1) is 15.1. The van der Waals surface area contributed by atoms with Gasteiger partial charge in [-0.25, -0.2) is 4.98 Å². The lowest BCUT2D eigenvalue weighted by Gasteiger charge is -2.17. The Morgan fingerprint density at radius 1 is 1.15 bits per heavy atom. The fourth-order valence-electron chi connectivity index (χ4n) is 2.57. The average Bonchev–Trinajstić information content (AvgIpc) is 2.73. The van der Waals surface area contributed by atoms with Crippen LogP contribution in [0, 0.1) is 0 Å². The van der Waals surface area contributed by atoms with Gasteiger partial charge in [-0.2, -0.15) is 4.98 Å². The van der Waals surface area contributed by atoms with Crippen LogP contribution >= 0.6 is 0 Å². The maximum Gasteiger partial charge on any atom is 0.218 e. The van der Waals surface area contributed by atoms with Crippen molar-refractivity contribution in [2.24, 2.45) is 0 Å². The van der Waals surface area contributed by atoms with Crippen LogP contribution in [-0.4, -0.2) is 22.6 Å². The highest BCUT2D eigenvalue weighted by atomic mass is 16.5. The molecular weight excluding hydrogens is 250 g/mol. The lowest BCUT2D eigenvalue weighted by atomic mass is 10.1. The summed E-state index contributed by atoms with van der Waals surface area (Å²) in [5.41, 5.74) is 0. The molecule has 0 atom stereocenters. The van der Waals surface area contributed by atoms with Gasteiger partial charge < -0.3 is 10.1 Å². The van der Waals surface area contributed by atoms with Gasteiger partial charge in [0.2, 0.25) is 5.88 Å². The number of aromatic nitrogens is 2. The Morgan fingerprint density at radius 3 is 2.55 bits per heavy atom. The van der Waals surface area contributed by atoms with Crippen LogP contribution in [-0.2, 0) is 6.42 Å². The van der Waals surface area contributed by atoms with Crippen LogP contribution in [0.4, 0.5) is 5.82 Å². The third-order valence-corrected chi connectivity index (χ3v) is 3.71. The molecule has 1 aromatic heterocycles. The van der Waals surface area contributed by atoms with Crippen LogP contribution in [0.3, 0.4) is 0 Å². The lowest BCUT2D eigenvalue weighted by Crippen LogP contribution is -2.17. The van der Waals surface area contributed by atoms with Crippen molar-refractivity contribution in [2.75, 3.05) is 11.9 Å². The van der Waals surface area contributed by atoms with Gasteiger partial charge in [0.05, 0.1) is 0 Å². The third kappa shape index (κ3) is 4.66. The first-order valence-corrected chi connectivity index (χ1v) is 8.10. The summed E-state index contributed by atoms with van der Waals surface area (Å²) in [5, 5.41) is 3.33. The molecule has 0 radical (unpaired) electrons. The molecule has 1 aliphatic rings. The molecule has 1 N–H and O–H groups in total. The average molecular weight is 277 g/mol. The summed E-state index contributed by atoms with van der Waals surface area (Å²) in [4.78, 5) is 9.01. The van der Waals surface area contributed by atoms with E-state index in [9.17, 15) is 0 Å². The lowest BCUT2D eigenvalue weighted by molar-refractivity contribution is 0.175. The molecule has 4 nitrogen and oxygen atoms in total. The molecule has 1 heterocycles. The van der Waals surface area contributed by atoms with Crippen LogP contribution in [0.2, 0.25) is 0 Å². The van der Waals surface area contributed by atoms with Crippen LogP contribution in [0.15, 0.2) is 6.07 Å². The van der Waals surface area contributed by atoms with Gasteiger partial charge in [0.1, 0.15) is 17.7 Å². The maximum absolute atomic E-state index is 6.11. The van der Waals surface area contributed by atoms with E-state index in [-0.39, 0.29) is 0 Å². The monoisotopic (exact) mass is 277 g/mol. The molecule has 0 aliphatic heterocycles. The summed E-state index contributed by atoms with van der Waals surface area (Å²) < 4.78 is 6.11. The van der Waals surface area contributed by atoms with Crippen molar-refractivity contribution in [3.05, 3.63) is 11.9 Å². The van der Waals surface area contributed by atoms with Gasteiger partial charge in [-0.1, -0.05) is 26.7 Å². The molecule has 20 heavy (non-hydrogen) atoms. The van der Waals surface area contributed by atoms with Crippen molar-refractivity contribution in [3.63, 3.8) is 0 Å². The minimum absolute atomic E-state index is 0.330. The third-order valence-electron chi connectivity index (χ3n) is 3.71. The standard InChI is InChI=1S/C16H27N3O/c1-3-11-17-15-12-16(19-14(4-2)18-15)20-13-9-7-5-6-8-10-13/h12-13H,3-11H2,1-2H3,(H,17,18,19). The molecule has 1 saturated carbocycles. The van der Waals surface area contributed by atoms with Gasteiger partial charge in [-0.15, -0.1) is 0 Å². The Labute approximate surface area is 122 Å². The Bertz CT molecular complexity index is 401. The first-order valence-electron chi connectivity index (χ1n) is 8.10. The van der Waals surface area contributed by atoms with Crippen molar-refractivity contribution >= 4 is 5.82 Å². The quantitative estimate of drug-likeness (QED) is 0.799. The molecule has 0 spiro atoms. The minimum atomic E-state index is 0.330. The second-order valence-corrected chi connectivity index (χ2v) is 5.52. The smallest absolute Gasteiger partial charge is 0.218 e. The summed E-state index contributed by atoms with van der Waals surface area (Å²) in [7, 11) is 0. The summed E-state index contributed by atoms with van der Waals surface area (Å²) in [6.07, 6.45) is 9.80. The van der Waals surface area contributed by atoms with Crippen LogP contribution in [0.5, 0.6) is 5.88 Å². The molecule has 0 aromatic carbocycles. The molecule has 0 unspecified atom stereocenters. The normalized spacial score (nSPS) is 16.7. The number of hydrogen-bond donors (Lipinski definition) is 1. The van der Waals surface area contributed by atoms with Crippen LogP contribution < -0.4 is 10.1 Å².